The molecule has 0 aromatic heterocycles. The molecule has 0 radical (unpaired) electrons. The summed E-state index contributed by atoms with van der Waals surface area (Å²) in [7, 11) is 1.56. The molecule has 0 aliphatic carbocycles. The van der Waals surface area contributed by atoms with Crippen LogP contribution in [0.25, 0.3) is 0 Å². The Labute approximate surface area is 107 Å². The number of aliphatic hydroxyl groups excluding tert-OH is 2. The second kappa shape index (κ2) is 6.36. The summed E-state index contributed by atoms with van der Waals surface area (Å²) in [5, 5.41) is 30.3. The zero-order valence-electron chi connectivity index (χ0n) is 10.6. The van der Waals surface area contributed by atoms with Crippen molar-refractivity contribution in [2.75, 3.05) is 20.3 Å². The molecular formula is C13H18N2O3. The van der Waals surface area contributed by atoms with Gasteiger partial charge < -0.3 is 20.3 Å². The molecule has 18 heavy (non-hydrogen) atoms. The van der Waals surface area contributed by atoms with E-state index in [9.17, 15) is 10.2 Å². The quantitative estimate of drug-likeness (QED) is 0.680. The van der Waals surface area contributed by atoms with Gasteiger partial charge in [0.2, 0.25) is 0 Å². The number of nitrogens with one attached hydrogen (secondary N) is 1. The van der Waals surface area contributed by atoms with E-state index in [4.69, 9.17) is 10.00 Å². The fourth-order valence-corrected chi connectivity index (χ4v) is 1.46. The minimum Gasteiger partial charge on any atom is -0.496 e. The molecule has 0 bridgehead atoms. The van der Waals surface area contributed by atoms with Crippen molar-refractivity contribution in [3.63, 3.8) is 0 Å². The van der Waals surface area contributed by atoms with Gasteiger partial charge in [-0.05, 0) is 25.1 Å². The predicted octanol–water partition coefficient (Wildman–Crippen LogP) is 0.400. The summed E-state index contributed by atoms with van der Waals surface area (Å²) in [6.45, 7) is 1.76. The number of methoxy groups -OCH3 is 1. The topological polar surface area (TPSA) is 85.5 Å². The van der Waals surface area contributed by atoms with Gasteiger partial charge in [-0.25, -0.2) is 0 Å². The molecule has 0 saturated heterocycles. The summed E-state index contributed by atoms with van der Waals surface area (Å²) in [5.74, 6) is 0.666. The van der Waals surface area contributed by atoms with Crippen LogP contribution in [0, 0.1) is 11.3 Å². The zero-order valence-corrected chi connectivity index (χ0v) is 10.6. The van der Waals surface area contributed by atoms with Crippen molar-refractivity contribution in [1.82, 2.24) is 5.32 Å². The highest BCUT2D eigenvalue weighted by Crippen LogP contribution is 2.20. The van der Waals surface area contributed by atoms with Gasteiger partial charge in [-0.15, -0.1) is 0 Å². The van der Waals surface area contributed by atoms with Gasteiger partial charge in [0.05, 0.1) is 37.5 Å². The van der Waals surface area contributed by atoms with E-state index in [1.54, 1.807) is 32.2 Å². The molecule has 3 N–H and O–H groups in total. The third kappa shape index (κ3) is 3.44. The van der Waals surface area contributed by atoms with Gasteiger partial charge in [0.25, 0.3) is 0 Å². The minimum absolute atomic E-state index is 0.177. The molecule has 0 saturated carbocycles. The molecule has 1 aromatic carbocycles. The second-order valence-electron chi connectivity index (χ2n) is 4.37. The lowest BCUT2D eigenvalue weighted by molar-refractivity contribution is 0.103. The summed E-state index contributed by atoms with van der Waals surface area (Å²) >= 11 is 0. The summed E-state index contributed by atoms with van der Waals surface area (Å²) in [4.78, 5) is 0. The smallest absolute Gasteiger partial charge is 0.123 e. The number of nitriles is 1. The minimum atomic E-state index is -0.756. The van der Waals surface area contributed by atoms with E-state index in [-0.39, 0.29) is 13.2 Å². The number of ether oxygens (including phenoxy) is 1. The Bertz CT molecular complexity index is 436. The van der Waals surface area contributed by atoms with Gasteiger partial charge >= 0.3 is 0 Å². The van der Waals surface area contributed by atoms with Crippen molar-refractivity contribution >= 4 is 0 Å². The van der Waals surface area contributed by atoms with Gasteiger partial charge in [0.15, 0.2) is 0 Å². The van der Waals surface area contributed by atoms with Crippen LogP contribution in [0.2, 0.25) is 0 Å². The number of aliphatic hydroxyl groups is 2. The lowest BCUT2D eigenvalue weighted by atomic mass is 10.0. The predicted molar refractivity (Wildman–Crippen MR) is 67.1 cm³/mol. The molecule has 0 fully saturated rings. The van der Waals surface area contributed by atoms with E-state index in [2.05, 4.69) is 11.4 Å². The van der Waals surface area contributed by atoms with Gasteiger partial charge in [-0.1, -0.05) is 0 Å². The van der Waals surface area contributed by atoms with Crippen molar-refractivity contribution in [3.8, 4) is 11.8 Å². The van der Waals surface area contributed by atoms with Crippen LogP contribution in [0.1, 0.15) is 18.1 Å². The van der Waals surface area contributed by atoms with Gasteiger partial charge in [-0.2, -0.15) is 5.26 Å². The molecule has 0 amide bonds. The Kier molecular flexibility index (Phi) is 5.10. The Morgan fingerprint density at radius 1 is 1.39 bits per heavy atom. The number of hydrogen-bond donors (Lipinski definition) is 3. The van der Waals surface area contributed by atoms with E-state index in [0.717, 1.165) is 5.56 Å². The lowest BCUT2D eigenvalue weighted by Gasteiger charge is -2.26. The number of benzene rings is 1. The average molecular weight is 250 g/mol. The van der Waals surface area contributed by atoms with Crippen LogP contribution in [0.5, 0.6) is 5.75 Å². The molecule has 0 aliphatic rings. The number of nitrogens with zero attached hydrogens (tertiary/aromatic N) is 1. The highest BCUT2D eigenvalue weighted by atomic mass is 16.5. The SMILES string of the molecule is COc1ccc(C#N)cc1CNC(C)(CO)CO. The van der Waals surface area contributed by atoms with E-state index in [1.165, 1.54) is 0 Å². The normalized spacial score (nSPS) is 11.1. The first-order chi connectivity index (χ1) is 8.58. The average Bonchev–Trinajstić information content (AvgIpc) is 2.44. The van der Waals surface area contributed by atoms with Gasteiger partial charge in [0, 0.05) is 12.1 Å². The largest absolute Gasteiger partial charge is 0.496 e. The summed E-state index contributed by atoms with van der Waals surface area (Å²) in [6.07, 6.45) is 0. The standard InChI is InChI=1S/C13H18N2O3/c1-13(8-16,9-17)15-7-11-5-10(6-14)3-4-12(11)18-2/h3-5,15-17H,7-9H2,1-2H3. The van der Waals surface area contributed by atoms with Gasteiger partial charge in [-0.3, -0.25) is 0 Å². The van der Waals surface area contributed by atoms with Crippen molar-refractivity contribution in [2.24, 2.45) is 0 Å². The van der Waals surface area contributed by atoms with Crippen molar-refractivity contribution in [2.45, 2.75) is 19.0 Å². The Morgan fingerprint density at radius 2 is 2.06 bits per heavy atom. The van der Waals surface area contributed by atoms with Crippen LogP contribution < -0.4 is 10.1 Å². The third-order valence-corrected chi connectivity index (χ3v) is 2.81. The molecule has 98 valence electrons. The van der Waals surface area contributed by atoms with Crippen molar-refractivity contribution < 1.29 is 14.9 Å². The van der Waals surface area contributed by atoms with Crippen LogP contribution in [-0.4, -0.2) is 36.1 Å². The third-order valence-electron chi connectivity index (χ3n) is 2.81. The maximum Gasteiger partial charge on any atom is 0.123 e. The number of rotatable bonds is 6. The molecule has 0 heterocycles. The van der Waals surface area contributed by atoms with E-state index in [1.807, 2.05) is 0 Å². The maximum atomic E-state index is 9.18. The first kappa shape index (κ1) is 14.5. The Morgan fingerprint density at radius 3 is 2.56 bits per heavy atom. The zero-order chi connectivity index (χ0) is 13.6. The van der Waals surface area contributed by atoms with E-state index < -0.39 is 5.54 Å². The summed E-state index contributed by atoms with van der Waals surface area (Å²) < 4.78 is 5.20. The molecule has 1 rings (SSSR count). The number of hydrogen-bond acceptors (Lipinski definition) is 5. The fourth-order valence-electron chi connectivity index (χ4n) is 1.46. The van der Waals surface area contributed by atoms with Crippen molar-refractivity contribution in [1.29, 1.82) is 5.26 Å². The Balaban J connectivity index is 2.86. The first-order valence-corrected chi connectivity index (χ1v) is 5.62. The highest BCUT2D eigenvalue weighted by molar-refractivity contribution is 5.42. The molecule has 0 aliphatic heterocycles. The van der Waals surface area contributed by atoms with E-state index >= 15 is 0 Å². The van der Waals surface area contributed by atoms with Crippen LogP contribution in [0.15, 0.2) is 18.2 Å². The van der Waals surface area contributed by atoms with Crippen molar-refractivity contribution in [3.05, 3.63) is 29.3 Å². The summed E-state index contributed by atoms with van der Waals surface area (Å²) in [5.41, 5.74) is 0.597. The lowest BCUT2D eigenvalue weighted by Crippen LogP contribution is -2.48. The van der Waals surface area contributed by atoms with E-state index in [0.29, 0.717) is 17.9 Å². The molecule has 0 unspecified atom stereocenters. The highest BCUT2D eigenvalue weighted by Gasteiger charge is 2.21. The monoisotopic (exact) mass is 250 g/mol. The fraction of sp³-hybridized carbons (Fsp3) is 0.462. The molecule has 0 spiro atoms. The van der Waals surface area contributed by atoms with Crippen LogP contribution in [0.3, 0.4) is 0 Å². The Hall–Kier alpha value is -1.61. The summed E-state index contributed by atoms with van der Waals surface area (Å²) in [6, 6.07) is 7.19. The molecule has 5 nitrogen and oxygen atoms in total. The maximum absolute atomic E-state index is 9.18. The van der Waals surface area contributed by atoms with Crippen LogP contribution >= 0.6 is 0 Å². The molecule has 5 heteroatoms. The molecule has 0 atom stereocenters. The second-order valence-corrected chi connectivity index (χ2v) is 4.37. The van der Waals surface area contributed by atoms with Crippen LogP contribution in [-0.2, 0) is 6.54 Å². The van der Waals surface area contributed by atoms with Crippen LogP contribution in [0.4, 0.5) is 0 Å². The first-order valence-electron chi connectivity index (χ1n) is 5.62. The van der Waals surface area contributed by atoms with Gasteiger partial charge in [0.1, 0.15) is 5.75 Å². The molecule has 1 aromatic rings. The molecular weight excluding hydrogens is 232 g/mol.